The molecule has 0 fully saturated rings. The van der Waals surface area contributed by atoms with Crippen molar-refractivity contribution in [1.82, 2.24) is 0 Å². The SMILES string of the molecule is CC(C)Oc1cc(Br)ccc1N/N=C(\C#N)C(=N)N. The van der Waals surface area contributed by atoms with Crippen LogP contribution in [0.1, 0.15) is 13.8 Å². The Morgan fingerprint density at radius 2 is 2.26 bits per heavy atom. The van der Waals surface area contributed by atoms with E-state index in [1.165, 1.54) is 0 Å². The van der Waals surface area contributed by atoms with Crippen LogP contribution in [-0.2, 0) is 0 Å². The predicted octanol–water partition coefficient (Wildman–Crippen LogP) is 2.46. The lowest BCUT2D eigenvalue weighted by molar-refractivity contribution is 0.243. The lowest BCUT2D eigenvalue weighted by Gasteiger charge is -2.14. The number of rotatable bonds is 5. The standard InChI is InChI=1S/C12H14BrN5O/c1-7(2)19-11-5-8(13)3-4-9(11)17-18-10(6-14)12(15)16/h3-5,7,17H,1-2H3,(H3,15,16)/b18-10+. The van der Waals surface area contributed by atoms with E-state index in [1.807, 2.05) is 19.9 Å². The summed E-state index contributed by atoms with van der Waals surface area (Å²) in [5.74, 6) is 0.201. The van der Waals surface area contributed by atoms with Crippen LogP contribution in [0.4, 0.5) is 5.69 Å². The highest BCUT2D eigenvalue weighted by molar-refractivity contribution is 9.10. The van der Waals surface area contributed by atoms with E-state index in [0.29, 0.717) is 11.4 Å². The molecule has 0 aromatic heterocycles. The van der Waals surface area contributed by atoms with Crippen molar-refractivity contribution in [2.75, 3.05) is 5.43 Å². The van der Waals surface area contributed by atoms with E-state index in [2.05, 4.69) is 26.5 Å². The number of nitrogens with one attached hydrogen (secondary N) is 2. The van der Waals surface area contributed by atoms with Crippen LogP contribution in [0.15, 0.2) is 27.8 Å². The molecule has 0 saturated carbocycles. The predicted molar refractivity (Wildman–Crippen MR) is 78.5 cm³/mol. The van der Waals surface area contributed by atoms with Gasteiger partial charge in [0.25, 0.3) is 0 Å². The molecule has 0 amide bonds. The van der Waals surface area contributed by atoms with Crippen molar-refractivity contribution in [3.63, 3.8) is 0 Å². The van der Waals surface area contributed by atoms with Gasteiger partial charge in [-0.25, -0.2) is 0 Å². The highest BCUT2D eigenvalue weighted by Gasteiger charge is 2.07. The molecular weight excluding hydrogens is 310 g/mol. The zero-order valence-corrected chi connectivity index (χ0v) is 12.2. The van der Waals surface area contributed by atoms with E-state index in [-0.39, 0.29) is 11.8 Å². The number of nitrogens with two attached hydrogens (primary N) is 1. The first-order valence-corrected chi connectivity index (χ1v) is 6.27. The number of hydrogen-bond acceptors (Lipinski definition) is 5. The minimum Gasteiger partial charge on any atom is -0.489 e. The van der Waals surface area contributed by atoms with Gasteiger partial charge in [-0.05, 0) is 32.0 Å². The Hall–Kier alpha value is -2.07. The highest BCUT2D eigenvalue weighted by Crippen LogP contribution is 2.29. The van der Waals surface area contributed by atoms with Gasteiger partial charge in [-0.2, -0.15) is 10.4 Å². The molecule has 0 aliphatic heterocycles. The minimum atomic E-state index is -0.390. The quantitative estimate of drug-likeness (QED) is 0.439. The Morgan fingerprint density at radius 3 is 2.79 bits per heavy atom. The third-order valence-corrected chi connectivity index (χ3v) is 2.45. The number of hydrogen-bond donors (Lipinski definition) is 3. The molecule has 0 bridgehead atoms. The van der Waals surface area contributed by atoms with Crippen molar-refractivity contribution in [2.24, 2.45) is 10.8 Å². The van der Waals surface area contributed by atoms with E-state index >= 15 is 0 Å². The summed E-state index contributed by atoms with van der Waals surface area (Å²) in [6.45, 7) is 3.81. The smallest absolute Gasteiger partial charge is 0.201 e. The summed E-state index contributed by atoms with van der Waals surface area (Å²) in [6.07, 6.45) is 0.00192. The molecule has 0 heterocycles. The number of anilines is 1. The largest absolute Gasteiger partial charge is 0.489 e. The van der Waals surface area contributed by atoms with E-state index in [4.69, 9.17) is 21.1 Å². The molecule has 6 nitrogen and oxygen atoms in total. The summed E-state index contributed by atoms with van der Waals surface area (Å²) in [5, 5.41) is 19.7. The Labute approximate surface area is 119 Å². The fourth-order valence-electron chi connectivity index (χ4n) is 1.20. The molecule has 0 unspecified atom stereocenters. The Bertz CT molecular complexity index is 548. The molecule has 7 heteroatoms. The molecule has 1 rings (SSSR count). The second kappa shape index (κ2) is 6.75. The number of halogens is 1. The first kappa shape index (κ1) is 15.0. The second-order valence-corrected chi connectivity index (χ2v) is 4.82. The summed E-state index contributed by atoms with van der Waals surface area (Å²) < 4.78 is 6.49. The third-order valence-electron chi connectivity index (χ3n) is 1.96. The topological polar surface area (TPSA) is 107 Å². The zero-order chi connectivity index (χ0) is 14.4. The number of hydrazone groups is 1. The lowest BCUT2D eigenvalue weighted by atomic mass is 10.3. The summed E-state index contributed by atoms with van der Waals surface area (Å²) >= 11 is 3.35. The minimum absolute atomic E-state index is 0.00192. The molecule has 0 aliphatic rings. The van der Waals surface area contributed by atoms with Crippen LogP contribution in [0.25, 0.3) is 0 Å². The van der Waals surface area contributed by atoms with Gasteiger partial charge in [0.2, 0.25) is 5.71 Å². The van der Waals surface area contributed by atoms with Gasteiger partial charge in [0.1, 0.15) is 11.8 Å². The normalized spacial score (nSPS) is 11.0. The third kappa shape index (κ3) is 4.60. The maximum atomic E-state index is 8.75. The second-order valence-electron chi connectivity index (χ2n) is 3.90. The van der Waals surface area contributed by atoms with Crippen molar-refractivity contribution >= 4 is 33.2 Å². The molecule has 100 valence electrons. The Morgan fingerprint density at radius 1 is 1.58 bits per heavy atom. The van der Waals surface area contributed by atoms with Gasteiger partial charge in [0.15, 0.2) is 5.84 Å². The van der Waals surface area contributed by atoms with Crippen LogP contribution in [0.5, 0.6) is 5.75 Å². The first-order chi connectivity index (χ1) is 8.93. The van der Waals surface area contributed by atoms with E-state index in [0.717, 1.165) is 4.47 Å². The van der Waals surface area contributed by atoms with Gasteiger partial charge in [-0.15, -0.1) is 0 Å². The molecule has 0 atom stereocenters. The van der Waals surface area contributed by atoms with Crippen molar-refractivity contribution in [3.8, 4) is 11.8 Å². The summed E-state index contributed by atoms with van der Waals surface area (Å²) in [4.78, 5) is 0. The van der Waals surface area contributed by atoms with Crippen molar-refractivity contribution < 1.29 is 4.74 Å². The zero-order valence-electron chi connectivity index (χ0n) is 10.6. The molecule has 0 saturated heterocycles. The Kier molecular flexibility index (Phi) is 5.33. The molecular formula is C12H14BrN5O. The summed E-state index contributed by atoms with van der Waals surface area (Å²) in [6, 6.07) is 7.08. The first-order valence-electron chi connectivity index (χ1n) is 5.48. The average Bonchev–Trinajstić information content (AvgIpc) is 2.31. The van der Waals surface area contributed by atoms with Gasteiger partial charge in [-0.1, -0.05) is 15.9 Å². The van der Waals surface area contributed by atoms with Crippen LogP contribution >= 0.6 is 15.9 Å². The summed E-state index contributed by atoms with van der Waals surface area (Å²) in [7, 11) is 0. The van der Waals surface area contributed by atoms with Gasteiger partial charge in [-0.3, -0.25) is 10.8 Å². The number of nitriles is 1. The van der Waals surface area contributed by atoms with E-state index < -0.39 is 5.84 Å². The fourth-order valence-corrected chi connectivity index (χ4v) is 1.54. The van der Waals surface area contributed by atoms with Crippen LogP contribution in [0.2, 0.25) is 0 Å². The number of ether oxygens (including phenoxy) is 1. The molecule has 19 heavy (non-hydrogen) atoms. The van der Waals surface area contributed by atoms with Crippen molar-refractivity contribution in [3.05, 3.63) is 22.7 Å². The molecule has 0 radical (unpaired) electrons. The van der Waals surface area contributed by atoms with Crippen LogP contribution in [0.3, 0.4) is 0 Å². The maximum absolute atomic E-state index is 8.75. The van der Waals surface area contributed by atoms with Crippen LogP contribution in [-0.4, -0.2) is 17.7 Å². The highest BCUT2D eigenvalue weighted by atomic mass is 79.9. The number of nitrogens with zero attached hydrogens (tertiary/aromatic N) is 2. The molecule has 1 aromatic rings. The molecule has 1 aromatic carbocycles. The average molecular weight is 324 g/mol. The molecule has 0 spiro atoms. The number of amidine groups is 1. The van der Waals surface area contributed by atoms with E-state index in [1.54, 1.807) is 18.2 Å². The maximum Gasteiger partial charge on any atom is 0.201 e. The van der Waals surface area contributed by atoms with Crippen LogP contribution < -0.4 is 15.9 Å². The number of benzene rings is 1. The van der Waals surface area contributed by atoms with Crippen molar-refractivity contribution in [2.45, 2.75) is 20.0 Å². The van der Waals surface area contributed by atoms with E-state index in [9.17, 15) is 0 Å². The lowest BCUT2D eigenvalue weighted by Crippen LogP contribution is -2.22. The van der Waals surface area contributed by atoms with Gasteiger partial charge >= 0.3 is 0 Å². The monoisotopic (exact) mass is 323 g/mol. The Balaban J connectivity index is 3.01. The van der Waals surface area contributed by atoms with Gasteiger partial charge in [0, 0.05) is 4.47 Å². The fraction of sp³-hybridized carbons (Fsp3) is 0.250. The molecule has 0 aliphatic carbocycles. The van der Waals surface area contributed by atoms with Gasteiger partial charge < -0.3 is 10.5 Å². The van der Waals surface area contributed by atoms with Crippen molar-refractivity contribution in [1.29, 1.82) is 10.7 Å². The van der Waals surface area contributed by atoms with Crippen LogP contribution in [0, 0.1) is 16.7 Å². The van der Waals surface area contributed by atoms with Gasteiger partial charge in [0.05, 0.1) is 11.8 Å². The molecule has 4 N–H and O–H groups in total. The summed E-state index contributed by atoms with van der Waals surface area (Å²) in [5.41, 5.74) is 8.29.